The molecule has 0 radical (unpaired) electrons. The van der Waals surface area contributed by atoms with E-state index in [1.165, 1.54) is 4.90 Å². The van der Waals surface area contributed by atoms with Gasteiger partial charge in [0.15, 0.2) is 6.73 Å². The summed E-state index contributed by atoms with van der Waals surface area (Å²) in [6.45, 7) is 5.37. The largest absolute Gasteiger partial charge is 0.443 e. The van der Waals surface area contributed by atoms with E-state index in [0.717, 1.165) is 16.0 Å². The van der Waals surface area contributed by atoms with Gasteiger partial charge >= 0.3 is 12.0 Å². The van der Waals surface area contributed by atoms with Gasteiger partial charge in [-0.05, 0) is 50.7 Å². The van der Waals surface area contributed by atoms with Crippen molar-refractivity contribution in [1.82, 2.24) is 25.3 Å². The predicted molar refractivity (Wildman–Crippen MR) is 139 cm³/mol. The molecule has 1 aromatic rings. The number of hydrogen-bond acceptors (Lipinski definition) is 7. The number of amides is 5. The number of ether oxygens (including phenoxy) is 1. The third-order valence-electron chi connectivity index (χ3n) is 6.10. The summed E-state index contributed by atoms with van der Waals surface area (Å²) in [5, 5.41) is 5.51. The van der Waals surface area contributed by atoms with Crippen LogP contribution in [0.5, 0.6) is 0 Å². The summed E-state index contributed by atoms with van der Waals surface area (Å²) < 4.78 is 5.09. The lowest BCUT2D eigenvalue weighted by Gasteiger charge is -2.35. The number of nitrogens with zero attached hydrogens (tertiary/aromatic N) is 3. The van der Waals surface area contributed by atoms with E-state index in [2.05, 4.69) is 17.2 Å². The molecule has 5 amide bonds. The van der Waals surface area contributed by atoms with Crippen molar-refractivity contribution >= 4 is 29.7 Å². The number of allylic oxidation sites excluding steroid dienone is 4. The smallest absolute Gasteiger partial charge is 0.321 e. The maximum Gasteiger partial charge on any atom is 0.321 e. The molecule has 2 aliphatic rings. The topological polar surface area (TPSA) is 128 Å². The molecule has 2 N–H and O–H groups in total. The van der Waals surface area contributed by atoms with Gasteiger partial charge in [-0.2, -0.15) is 0 Å². The SMILES string of the molecule is C=C/C=C\C(=C/C)NC(=O)NCc1ccc2c(c1)CN(C1CCC(=O)N(COC(=O)CN(C)C)C1=O)C2=O. The number of likely N-dealkylation sites (N-methyl/N-ethyl adjacent to an activating group) is 1. The van der Waals surface area contributed by atoms with E-state index >= 15 is 0 Å². The van der Waals surface area contributed by atoms with Gasteiger partial charge in [0.05, 0.1) is 6.54 Å². The first-order chi connectivity index (χ1) is 18.1. The molecule has 0 spiro atoms. The van der Waals surface area contributed by atoms with Gasteiger partial charge in [-0.15, -0.1) is 0 Å². The molecule has 0 aromatic heterocycles. The monoisotopic (exact) mass is 523 g/mol. The molecule has 1 saturated heterocycles. The van der Waals surface area contributed by atoms with E-state index in [-0.39, 0.29) is 44.4 Å². The third-order valence-corrected chi connectivity index (χ3v) is 6.10. The molecule has 2 aliphatic heterocycles. The van der Waals surface area contributed by atoms with Crippen molar-refractivity contribution in [2.24, 2.45) is 0 Å². The summed E-state index contributed by atoms with van der Waals surface area (Å²) >= 11 is 0. The zero-order valence-electron chi connectivity index (χ0n) is 21.9. The molecular formula is C27H33N5O6. The van der Waals surface area contributed by atoms with Crippen molar-refractivity contribution in [3.05, 3.63) is 71.5 Å². The second-order valence-corrected chi connectivity index (χ2v) is 9.17. The minimum absolute atomic E-state index is 0.0151. The number of carbonyl (C=O) groups excluding carboxylic acids is 5. The summed E-state index contributed by atoms with van der Waals surface area (Å²) in [4.78, 5) is 66.7. The Morgan fingerprint density at radius 2 is 2.00 bits per heavy atom. The number of imide groups is 1. The number of rotatable bonds is 10. The Balaban J connectivity index is 1.62. The Bertz CT molecular complexity index is 1190. The normalized spacial score (nSPS) is 17.7. The Hall–Kier alpha value is -4.25. The number of esters is 1. The van der Waals surface area contributed by atoms with Crippen LogP contribution >= 0.6 is 0 Å². The molecule has 1 atom stereocenters. The van der Waals surface area contributed by atoms with Crippen LogP contribution in [0.25, 0.3) is 0 Å². The summed E-state index contributed by atoms with van der Waals surface area (Å²) in [7, 11) is 3.40. The quantitative estimate of drug-likeness (QED) is 0.271. The first-order valence-corrected chi connectivity index (χ1v) is 12.2. The van der Waals surface area contributed by atoms with Crippen molar-refractivity contribution < 1.29 is 28.7 Å². The molecule has 0 bridgehead atoms. The standard InChI is InChI=1S/C27H33N5O6/c1-5-7-8-20(6-2)29-27(37)28-14-18-9-10-21-19(13-18)15-31(25(21)35)22-11-12-23(33)32(26(22)36)17-38-24(34)16-30(3)4/h5-10,13,22H,1,11-12,14-17H2,2-4H3,(H2,28,29,37)/b8-7-,20-6+. The molecule has 3 rings (SSSR count). The summed E-state index contributed by atoms with van der Waals surface area (Å²) in [6, 6.07) is 4.03. The van der Waals surface area contributed by atoms with Crippen LogP contribution < -0.4 is 10.6 Å². The van der Waals surface area contributed by atoms with E-state index in [4.69, 9.17) is 4.74 Å². The van der Waals surface area contributed by atoms with Gasteiger partial charge in [-0.1, -0.05) is 36.9 Å². The number of nitrogens with one attached hydrogen (secondary N) is 2. The van der Waals surface area contributed by atoms with Gasteiger partial charge in [0.2, 0.25) is 5.91 Å². The lowest BCUT2D eigenvalue weighted by molar-refractivity contribution is -0.164. The summed E-state index contributed by atoms with van der Waals surface area (Å²) in [5.41, 5.74) is 2.61. The van der Waals surface area contributed by atoms with E-state index in [1.54, 1.807) is 62.4 Å². The Morgan fingerprint density at radius 3 is 2.68 bits per heavy atom. The maximum atomic E-state index is 13.1. The first kappa shape index (κ1) is 28.3. The minimum atomic E-state index is -0.838. The maximum absolute atomic E-state index is 13.1. The molecule has 11 heteroatoms. The fourth-order valence-corrected chi connectivity index (χ4v) is 4.18. The number of hydrogen-bond donors (Lipinski definition) is 2. The van der Waals surface area contributed by atoms with Crippen molar-refractivity contribution in [2.75, 3.05) is 27.4 Å². The highest BCUT2D eigenvalue weighted by molar-refractivity contribution is 6.05. The van der Waals surface area contributed by atoms with Gasteiger partial charge in [-0.3, -0.25) is 24.1 Å². The van der Waals surface area contributed by atoms with Crippen molar-refractivity contribution in [1.29, 1.82) is 0 Å². The number of urea groups is 1. The van der Waals surface area contributed by atoms with Gasteiger partial charge in [0.1, 0.15) is 6.04 Å². The highest BCUT2D eigenvalue weighted by Gasteiger charge is 2.43. The average Bonchev–Trinajstić information content (AvgIpc) is 3.20. The number of likely N-dealkylation sites (tertiary alicyclic amines) is 1. The first-order valence-electron chi connectivity index (χ1n) is 12.2. The zero-order valence-corrected chi connectivity index (χ0v) is 21.9. The van der Waals surface area contributed by atoms with Crippen LogP contribution in [0.2, 0.25) is 0 Å². The Labute approximate surface area is 221 Å². The van der Waals surface area contributed by atoms with Crippen molar-refractivity contribution in [2.45, 2.75) is 38.9 Å². The van der Waals surface area contributed by atoms with E-state index in [9.17, 15) is 24.0 Å². The van der Waals surface area contributed by atoms with Crippen molar-refractivity contribution in [3.8, 4) is 0 Å². The van der Waals surface area contributed by atoms with E-state index < -0.39 is 30.6 Å². The molecule has 38 heavy (non-hydrogen) atoms. The van der Waals surface area contributed by atoms with Crippen LogP contribution in [0.15, 0.2) is 54.8 Å². The number of benzene rings is 1. The molecule has 1 aromatic carbocycles. The van der Waals surface area contributed by atoms with Gasteiger partial charge in [0, 0.05) is 30.8 Å². The second kappa shape index (κ2) is 12.8. The van der Waals surface area contributed by atoms with Crippen LogP contribution in [0.3, 0.4) is 0 Å². The van der Waals surface area contributed by atoms with Gasteiger partial charge < -0.3 is 20.3 Å². The number of carbonyl (C=O) groups is 5. The zero-order chi connectivity index (χ0) is 27.8. The Kier molecular flexibility index (Phi) is 9.55. The lowest BCUT2D eigenvalue weighted by Crippen LogP contribution is -2.55. The van der Waals surface area contributed by atoms with Crippen molar-refractivity contribution in [3.63, 3.8) is 0 Å². The molecule has 1 fully saturated rings. The fraction of sp³-hybridized carbons (Fsp3) is 0.370. The molecule has 0 aliphatic carbocycles. The van der Waals surface area contributed by atoms with Crippen LogP contribution in [0.1, 0.15) is 41.3 Å². The number of piperidine rings is 1. The Morgan fingerprint density at radius 1 is 1.24 bits per heavy atom. The van der Waals surface area contributed by atoms with E-state index in [0.29, 0.717) is 11.3 Å². The molecule has 0 saturated carbocycles. The molecule has 1 unspecified atom stereocenters. The molecule has 202 valence electrons. The third kappa shape index (κ3) is 6.94. The minimum Gasteiger partial charge on any atom is -0.443 e. The van der Waals surface area contributed by atoms with Crippen LogP contribution in [0.4, 0.5) is 4.79 Å². The predicted octanol–water partition coefficient (Wildman–Crippen LogP) is 1.67. The fourth-order valence-electron chi connectivity index (χ4n) is 4.18. The number of fused-ring (bicyclic) bond motifs is 1. The van der Waals surface area contributed by atoms with Gasteiger partial charge in [-0.25, -0.2) is 9.69 Å². The average molecular weight is 524 g/mol. The van der Waals surface area contributed by atoms with Crippen LogP contribution in [-0.4, -0.2) is 77.8 Å². The molecular weight excluding hydrogens is 490 g/mol. The van der Waals surface area contributed by atoms with Crippen LogP contribution in [-0.2, 0) is 32.2 Å². The van der Waals surface area contributed by atoms with E-state index in [1.807, 2.05) is 6.07 Å². The summed E-state index contributed by atoms with van der Waals surface area (Å²) in [6.07, 6.45) is 7.05. The van der Waals surface area contributed by atoms with Crippen LogP contribution in [0, 0.1) is 0 Å². The molecule has 11 nitrogen and oxygen atoms in total. The molecule has 2 heterocycles. The highest BCUT2D eigenvalue weighted by Crippen LogP contribution is 2.29. The second-order valence-electron chi connectivity index (χ2n) is 9.17. The van der Waals surface area contributed by atoms with Gasteiger partial charge in [0.25, 0.3) is 11.8 Å². The lowest BCUT2D eigenvalue weighted by atomic mass is 10.0. The highest BCUT2D eigenvalue weighted by atomic mass is 16.5. The summed E-state index contributed by atoms with van der Waals surface area (Å²) in [5.74, 6) is -1.88.